The van der Waals surface area contributed by atoms with Gasteiger partial charge in [0.25, 0.3) is 0 Å². The zero-order valence-corrected chi connectivity index (χ0v) is 11.0. The summed E-state index contributed by atoms with van der Waals surface area (Å²) in [5.74, 6) is 0.743. The van der Waals surface area contributed by atoms with E-state index in [1.807, 2.05) is 0 Å². The number of benzene rings is 1. The predicted molar refractivity (Wildman–Crippen MR) is 75.0 cm³/mol. The smallest absolute Gasteiger partial charge is 0.0433 e. The fourth-order valence-electron chi connectivity index (χ4n) is 3.67. The zero-order valence-electron chi connectivity index (χ0n) is 11.0. The first-order valence-corrected chi connectivity index (χ1v) is 7.08. The van der Waals surface area contributed by atoms with E-state index in [0.29, 0.717) is 0 Å². The Hall–Kier alpha value is -1.22. The number of rotatable bonds is 2. The quantitative estimate of drug-likeness (QED) is 0.807. The van der Waals surface area contributed by atoms with Crippen molar-refractivity contribution in [3.8, 4) is 0 Å². The van der Waals surface area contributed by atoms with E-state index in [-0.39, 0.29) is 0 Å². The van der Waals surface area contributed by atoms with Gasteiger partial charge in [-0.3, -0.25) is 4.90 Å². The molecule has 96 valence electrons. The Bertz CT molecular complexity index is 479. The zero-order chi connectivity index (χ0) is 12.3. The lowest BCUT2D eigenvalue weighted by molar-refractivity contribution is 0.292. The Morgan fingerprint density at radius 1 is 1.17 bits per heavy atom. The third-order valence-corrected chi connectivity index (χ3v) is 4.93. The summed E-state index contributed by atoms with van der Waals surface area (Å²) in [6.07, 6.45) is 3.98. The van der Waals surface area contributed by atoms with Gasteiger partial charge in [-0.25, -0.2) is 0 Å². The SMILES string of the molecule is CN1CC2CC1CN2c1ccc(N)c(C2CC2)c1. The molecule has 3 fully saturated rings. The topological polar surface area (TPSA) is 32.5 Å². The molecule has 2 N–H and O–H groups in total. The monoisotopic (exact) mass is 243 g/mol. The number of nitrogens with two attached hydrogens (primary N) is 1. The predicted octanol–water partition coefficient (Wildman–Crippen LogP) is 2.04. The second-order valence-corrected chi connectivity index (χ2v) is 6.22. The average Bonchev–Trinajstić information content (AvgIpc) is 3.03. The molecule has 0 aromatic heterocycles. The summed E-state index contributed by atoms with van der Waals surface area (Å²) in [7, 11) is 2.25. The van der Waals surface area contributed by atoms with E-state index < -0.39 is 0 Å². The molecular weight excluding hydrogens is 222 g/mol. The van der Waals surface area contributed by atoms with Crippen LogP contribution in [0.4, 0.5) is 11.4 Å². The van der Waals surface area contributed by atoms with E-state index >= 15 is 0 Å². The molecule has 18 heavy (non-hydrogen) atoms. The first-order chi connectivity index (χ1) is 8.72. The highest BCUT2D eigenvalue weighted by atomic mass is 15.3. The van der Waals surface area contributed by atoms with E-state index in [1.165, 1.54) is 43.6 Å². The minimum absolute atomic E-state index is 0.718. The highest BCUT2D eigenvalue weighted by Gasteiger charge is 2.41. The molecule has 1 saturated carbocycles. The van der Waals surface area contributed by atoms with Crippen LogP contribution >= 0.6 is 0 Å². The third kappa shape index (κ3) is 1.53. The van der Waals surface area contributed by atoms with E-state index in [1.54, 1.807) is 0 Å². The number of piperazine rings is 1. The van der Waals surface area contributed by atoms with Crippen molar-refractivity contribution in [3.05, 3.63) is 23.8 Å². The van der Waals surface area contributed by atoms with Crippen LogP contribution in [-0.4, -0.2) is 37.1 Å². The van der Waals surface area contributed by atoms with E-state index in [9.17, 15) is 0 Å². The van der Waals surface area contributed by atoms with Crippen LogP contribution in [0.3, 0.4) is 0 Å². The van der Waals surface area contributed by atoms with Crippen molar-refractivity contribution in [2.24, 2.45) is 0 Å². The molecule has 4 rings (SSSR count). The van der Waals surface area contributed by atoms with Gasteiger partial charge >= 0.3 is 0 Å². The van der Waals surface area contributed by atoms with Crippen molar-refractivity contribution in [1.82, 2.24) is 4.90 Å². The fourth-order valence-corrected chi connectivity index (χ4v) is 3.67. The molecule has 2 saturated heterocycles. The summed E-state index contributed by atoms with van der Waals surface area (Å²) >= 11 is 0. The van der Waals surface area contributed by atoms with E-state index in [4.69, 9.17) is 5.73 Å². The van der Waals surface area contributed by atoms with Gasteiger partial charge in [0.05, 0.1) is 0 Å². The first kappa shape index (κ1) is 10.7. The molecule has 3 aliphatic rings. The molecule has 2 atom stereocenters. The lowest BCUT2D eigenvalue weighted by atomic mass is 10.1. The van der Waals surface area contributed by atoms with Crippen LogP contribution in [-0.2, 0) is 0 Å². The third-order valence-electron chi connectivity index (χ3n) is 4.93. The Balaban J connectivity index is 1.64. The molecule has 0 radical (unpaired) electrons. The van der Waals surface area contributed by atoms with Gasteiger partial charge < -0.3 is 10.6 Å². The van der Waals surface area contributed by atoms with Crippen molar-refractivity contribution in [1.29, 1.82) is 0 Å². The number of hydrogen-bond donors (Lipinski definition) is 1. The standard InChI is InChI=1S/C15H21N3/c1-17-8-13-6-12(17)9-18(13)11-4-5-15(16)14(7-11)10-2-3-10/h4-5,7,10,12-13H,2-3,6,8-9,16H2,1H3. The normalized spacial score (nSPS) is 31.3. The second kappa shape index (κ2) is 3.64. The average molecular weight is 243 g/mol. The largest absolute Gasteiger partial charge is 0.398 e. The molecule has 2 aliphatic heterocycles. The summed E-state index contributed by atoms with van der Waals surface area (Å²) in [6.45, 7) is 2.41. The van der Waals surface area contributed by atoms with Gasteiger partial charge in [0.1, 0.15) is 0 Å². The summed E-state index contributed by atoms with van der Waals surface area (Å²) in [6, 6.07) is 8.15. The van der Waals surface area contributed by atoms with Crippen LogP contribution in [0.5, 0.6) is 0 Å². The molecule has 3 nitrogen and oxygen atoms in total. The number of likely N-dealkylation sites (tertiary alicyclic amines) is 1. The number of hydrogen-bond acceptors (Lipinski definition) is 3. The molecule has 1 aromatic rings. The van der Waals surface area contributed by atoms with E-state index in [2.05, 4.69) is 35.0 Å². The second-order valence-electron chi connectivity index (χ2n) is 6.22. The summed E-state index contributed by atoms with van der Waals surface area (Å²) < 4.78 is 0. The Labute approximate surface area is 109 Å². The Morgan fingerprint density at radius 3 is 2.61 bits per heavy atom. The summed E-state index contributed by atoms with van der Waals surface area (Å²) in [5.41, 5.74) is 9.88. The maximum Gasteiger partial charge on any atom is 0.0433 e. The fraction of sp³-hybridized carbons (Fsp3) is 0.600. The number of likely N-dealkylation sites (N-methyl/N-ethyl adjacent to an activating group) is 1. The molecular formula is C15H21N3. The number of fused-ring (bicyclic) bond motifs is 2. The van der Waals surface area contributed by atoms with Gasteiger partial charge in [-0.1, -0.05) is 0 Å². The van der Waals surface area contributed by atoms with Gasteiger partial charge in [-0.2, -0.15) is 0 Å². The van der Waals surface area contributed by atoms with Crippen LogP contribution in [0, 0.1) is 0 Å². The Morgan fingerprint density at radius 2 is 2.00 bits per heavy atom. The van der Waals surface area contributed by atoms with Crippen molar-refractivity contribution in [2.75, 3.05) is 30.8 Å². The van der Waals surface area contributed by atoms with Crippen LogP contribution in [0.25, 0.3) is 0 Å². The highest BCUT2D eigenvalue weighted by molar-refractivity contribution is 5.61. The van der Waals surface area contributed by atoms with Crippen molar-refractivity contribution >= 4 is 11.4 Å². The molecule has 0 spiro atoms. The Kier molecular flexibility index (Phi) is 2.16. The maximum atomic E-state index is 6.10. The van der Waals surface area contributed by atoms with Crippen molar-refractivity contribution < 1.29 is 0 Å². The summed E-state index contributed by atoms with van der Waals surface area (Å²) in [4.78, 5) is 5.09. The van der Waals surface area contributed by atoms with Crippen LogP contribution in [0.1, 0.15) is 30.7 Å². The molecule has 2 unspecified atom stereocenters. The minimum atomic E-state index is 0.718. The number of nitrogens with zero attached hydrogens (tertiary/aromatic N) is 2. The number of anilines is 2. The lowest BCUT2D eigenvalue weighted by Gasteiger charge is -2.34. The molecule has 2 heterocycles. The van der Waals surface area contributed by atoms with Gasteiger partial charge in [-0.05, 0) is 56.0 Å². The number of nitrogen functional groups attached to an aromatic ring is 1. The van der Waals surface area contributed by atoms with Gasteiger partial charge in [-0.15, -0.1) is 0 Å². The molecule has 1 aliphatic carbocycles. The van der Waals surface area contributed by atoms with Crippen molar-refractivity contribution in [3.63, 3.8) is 0 Å². The van der Waals surface area contributed by atoms with Gasteiger partial charge in [0.2, 0.25) is 0 Å². The first-order valence-electron chi connectivity index (χ1n) is 7.08. The molecule has 3 heteroatoms. The van der Waals surface area contributed by atoms with Crippen LogP contribution in [0.2, 0.25) is 0 Å². The molecule has 0 amide bonds. The molecule has 1 aromatic carbocycles. The summed E-state index contributed by atoms with van der Waals surface area (Å²) in [5, 5.41) is 0. The van der Waals surface area contributed by atoms with E-state index in [0.717, 1.165) is 23.7 Å². The van der Waals surface area contributed by atoms with Crippen molar-refractivity contribution in [2.45, 2.75) is 37.3 Å². The van der Waals surface area contributed by atoms with Gasteiger partial charge in [0, 0.05) is 36.5 Å². The van der Waals surface area contributed by atoms with Gasteiger partial charge in [0.15, 0.2) is 0 Å². The van der Waals surface area contributed by atoms with Crippen LogP contribution in [0.15, 0.2) is 18.2 Å². The van der Waals surface area contributed by atoms with Crippen LogP contribution < -0.4 is 10.6 Å². The lowest BCUT2D eigenvalue weighted by Crippen LogP contribution is -2.44. The maximum absolute atomic E-state index is 6.10. The minimum Gasteiger partial charge on any atom is -0.398 e. The highest BCUT2D eigenvalue weighted by Crippen LogP contribution is 2.44. The molecule has 2 bridgehead atoms.